The van der Waals surface area contributed by atoms with E-state index in [9.17, 15) is 4.79 Å². The van der Waals surface area contributed by atoms with Crippen LogP contribution in [0.2, 0.25) is 0 Å². The van der Waals surface area contributed by atoms with E-state index in [2.05, 4.69) is 20.4 Å². The summed E-state index contributed by atoms with van der Waals surface area (Å²) < 4.78 is 0. The lowest BCUT2D eigenvalue weighted by atomic mass is 10.1. The summed E-state index contributed by atoms with van der Waals surface area (Å²) in [4.78, 5) is 13.8. The molecule has 18 heavy (non-hydrogen) atoms. The van der Waals surface area contributed by atoms with Gasteiger partial charge in [-0.25, -0.2) is 0 Å². The van der Waals surface area contributed by atoms with Crippen molar-refractivity contribution < 1.29 is 4.79 Å². The zero-order chi connectivity index (χ0) is 13.0. The predicted molar refractivity (Wildman–Crippen MR) is 72.9 cm³/mol. The van der Waals surface area contributed by atoms with E-state index in [1.54, 1.807) is 11.3 Å². The molecule has 0 saturated carbocycles. The molecule has 0 bridgehead atoms. The fraction of sp³-hybridized carbons (Fsp3) is 0.750. The zero-order valence-electron chi connectivity index (χ0n) is 11.0. The molecule has 0 aromatic carbocycles. The molecule has 0 aliphatic carbocycles. The lowest BCUT2D eigenvalue weighted by Crippen LogP contribution is -2.47. The van der Waals surface area contributed by atoms with Crippen LogP contribution in [0.3, 0.4) is 0 Å². The molecule has 100 valence electrons. The second-order valence-electron chi connectivity index (χ2n) is 4.71. The minimum absolute atomic E-state index is 0.165. The maximum absolute atomic E-state index is 11.6. The minimum atomic E-state index is 0.165. The van der Waals surface area contributed by atoms with Crippen LogP contribution >= 0.6 is 11.3 Å². The Morgan fingerprint density at radius 3 is 3.06 bits per heavy atom. The summed E-state index contributed by atoms with van der Waals surface area (Å²) in [6.07, 6.45) is 3.67. The first-order valence-corrected chi connectivity index (χ1v) is 7.35. The van der Waals surface area contributed by atoms with Crippen molar-refractivity contribution in [1.29, 1.82) is 0 Å². The van der Waals surface area contributed by atoms with Crippen LogP contribution in [0.25, 0.3) is 0 Å². The largest absolute Gasteiger partial charge is 0.352 e. The van der Waals surface area contributed by atoms with Gasteiger partial charge in [0.25, 0.3) is 0 Å². The van der Waals surface area contributed by atoms with Crippen molar-refractivity contribution in [2.24, 2.45) is 0 Å². The van der Waals surface area contributed by atoms with Gasteiger partial charge in [-0.1, -0.05) is 18.3 Å². The van der Waals surface area contributed by atoms with Gasteiger partial charge < -0.3 is 10.2 Å². The Labute approximate surface area is 112 Å². The molecule has 2 heterocycles. The number of piperidine rings is 1. The van der Waals surface area contributed by atoms with Crippen molar-refractivity contribution in [1.82, 2.24) is 15.5 Å². The third-order valence-corrected chi connectivity index (χ3v) is 3.95. The average Bonchev–Trinajstić information content (AvgIpc) is 2.76. The van der Waals surface area contributed by atoms with Crippen LogP contribution in [-0.4, -0.2) is 35.2 Å². The summed E-state index contributed by atoms with van der Waals surface area (Å²) in [5, 5.41) is 13.3. The molecule has 6 heteroatoms. The van der Waals surface area contributed by atoms with Gasteiger partial charge in [0.1, 0.15) is 5.01 Å². The Balaban J connectivity index is 1.90. The van der Waals surface area contributed by atoms with E-state index in [4.69, 9.17) is 0 Å². The van der Waals surface area contributed by atoms with E-state index < -0.39 is 0 Å². The molecule has 1 unspecified atom stereocenters. The first-order valence-electron chi connectivity index (χ1n) is 6.53. The molecule has 1 atom stereocenters. The highest BCUT2D eigenvalue weighted by atomic mass is 32.1. The quantitative estimate of drug-likeness (QED) is 0.903. The van der Waals surface area contributed by atoms with Gasteiger partial charge in [-0.3, -0.25) is 4.79 Å². The second kappa shape index (κ2) is 6.13. The molecule has 2 rings (SSSR count). The van der Waals surface area contributed by atoms with Gasteiger partial charge in [0.05, 0.1) is 0 Å². The highest BCUT2D eigenvalue weighted by Gasteiger charge is 2.23. The van der Waals surface area contributed by atoms with Crippen molar-refractivity contribution in [2.45, 2.75) is 45.6 Å². The van der Waals surface area contributed by atoms with Crippen LogP contribution in [0.1, 0.15) is 37.6 Å². The zero-order valence-corrected chi connectivity index (χ0v) is 11.8. The number of nitrogens with one attached hydrogen (secondary N) is 1. The topological polar surface area (TPSA) is 58.1 Å². The maximum Gasteiger partial charge on any atom is 0.220 e. The molecule has 0 spiro atoms. The van der Waals surface area contributed by atoms with E-state index in [1.165, 1.54) is 0 Å². The first-order chi connectivity index (χ1) is 8.69. The molecule has 0 radical (unpaired) electrons. The van der Waals surface area contributed by atoms with E-state index in [-0.39, 0.29) is 11.9 Å². The molecular formula is C12H20N4OS. The number of aromatic nitrogens is 2. The van der Waals surface area contributed by atoms with Gasteiger partial charge in [0.2, 0.25) is 11.0 Å². The Bertz CT molecular complexity index is 407. The van der Waals surface area contributed by atoms with E-state index in [0.717, 1.165) is 42.5 Å². The number of nitrogens with zero attached hydrogens (tertiary/aromatic N) is 3. The summed E-state index contributed by atoms with van der Waals surface area (Å²) in [5.74, 6) is 0.165. The highest BCUT2D eigenvalue weighted by molar-refractivity contribution is 7.15. The minimum Gasteiger partial charge on any atom is -0.352 e. The summed E-state index contributed by atoms with van der Waals surface area (Å²) in [6, 6.07) is 0.252. The van der Waals surface area contributed by atoms with Gasteiger partial charge in [-0.2, -0.15) is 0 Å². The van der Waals surface area contributed by atoms with Gasteiger partial charge in [-0.15, -0.1) is 10.2 Å². The van der Waals surface area contributed by atoms with Crippen molar-refractivity contribution in [2.75, 3.05) is 18.0 Å². The Morgan fingerprint density at radius 1 is 1.56 bits per heavy atom. The van der Waals surface area contributed by atoms with Crippen molar-refractivity contribution in [3.8, 4) is 0 Å². The lowest BCUT2D eigenvalue weighted by Gasteiger charge is -2.32. The smallest absolute Gasteiger partial charge is 0.220 e. The number of carbonyl (C=O) groups is 1. The standard InChI is InChI=1S/C12H20N4OS/c1-3-5-11(17)13-10-6-4-7-16(8-10)12-15-14-9(2)18-12/h10H,3-8H2,1-2H3,(H,13,17). The van der Waals surface area contributed by atoms with E-state index in [0.29, 0.717) is 6.42 Å². The van der Waals surface area contributed by atoms with Crippen LogP contribution < -0.4 is 10.2 Å². The first kappa shape index (κ1) is 13.3. The predicted octanol–water partition coefficient (Wildman–Crippen LogP) is 1.73. The van der Waals surface area contributed by atoms with Crippen LogP contribution in [0.4, 0.5) is 5.13 Å². The Morgan fingerprint density at radius 2 is 2.39 bits per heavy atom. The molecule has 1 saturated heterocycles. The number of hydrogen-bond acceptors (Lipinski definition) is 5. The van der Waals surface area contributed by atoms with Gasteiger partial charge in [0, 0.05) is 25.6 Å². The van der Waals surface area contributed by atoms with E-state index >= 15 is 0 Å². The number of hydrogen-bond donors (Lipinski definition) is 1. The average molecular weight is 268 g/mol. The molecule has 1 amide bonds. The number of rotatable bonds is 4. The van der Waals surface area contributed by atoms with Gasteiger partial charge >= 0.3 is 0 Å². The summed E-state index contributed by atoms with van der Waals surface area (Å²) in [7, 11) is 0. The molecular weight excluding hydrogens is 248 g/mol. The molecule has 1 aliphatic rings. The second-order valence-corrected chi connectivity index (χ2v) is 5.87. The molecule has 1 aliphatic heterocycles. The third kappa shape index (κ3) is 3.41. The highest BCUT2D eigenvalue weighted by Crippen LogP contribution is 2.23. The van der Waals surface area contributed by atoms with Crippen molar-refractivity contribution in [3.05, 3.63) is 5.01 Å². The fourth-order valence-corrected chi connectivity index (χ4v) is 2.93. The number of amides is 1. The fourth-order valence-electron chi connectivity index (χ4n) is 2.21. The normalized spacial score (nSPS) is 19.9. The van der Waals surface area contributed by atoms with Crippen LogP contribution in [0.5, 0.6) is 0 Å². The van der Waals surface area contributed by atoms with Gasteiger partial charge in [0.15, 0.2) is 0 Å². The number of aryl methyl sites for hydroxylation is 1. The molecule has 1 fully saturated rings. The lowest BCUT2D eigenvalue weighted by molar-refractivity contribution is -0.121. The van der Waals surface area contributed by atoms with Crippen LogP contribution in [0, 0.1) is 6.92 Å². The number of anilines is 1. The molecule has 1 N–H and O–H groups in total. The summed E-state index contributed by atoms with van der Waals surface area (Å²) >= 11 is 1.62. The Hall–Kier alpha value is -1.17. The number of carbonyl (C=O) groups excluding carboxylic acids is 1. The van der Waals surface area contributed by atoms with E-state index in [1.807, 2.05) is 13.8 Å². The summed E-state index contributed by atoms with van der Waals surface area (Å²) in [5.41, 5.74) is 0. The van der Waals surface area contributed by atoms with Crippen LogP contribution in [0.15, 0.2) is 0 Å². The monoisotopic (exact) mass is 268 g/mol. The maximum atomic E-state index is 11.6. The SMILES string of the molecule is CCCC(=O)NC1CCCN(c2nnc(C)s2)C1. The van der Waals surface area contributed by atoms with Crippen LogP contribution in [-0.2, 0) is 4.79 Å². The molecule has 1 aromatic heterocycles. The molecule has 1 aromatic rings. The van der Waals surface area contributed by atoms with Crippen molar-refractivity contribution >= 4 is 22.4 Å². The Kier molecular flexibility index (Phi) is 4.52. The van der Waals surface area contributed by atoms with Crippen molar-refractivity contribution in [3.63, 3.8) is 0 Å². The van der Waals surface area contributed by atoms with Gasteiger partial charge in [-0.05, 0) is 26.2 Å². The summed E-state index contributed by atoms with van der Waals surface area (Å²) in [6.45, 7) is 5.85. The third-order valence-electron chi connectivity index (χ3n) is 3.05. The molecule has 5 nitrogen and oxygen atoms in total.